The van der Waals surface area contributed by atoms with E-state index in [0.717, 1.165) is 19.3 Å². The summed E-state index contributed by atoms with van der Waals surface area (Å²) >= 11 is 12.2. The third-order valence-electron chi connectivity index (χ3n) is 4.69. The molecule has 0 radical (unpaired) electrons. The number of rotatable bonds is 8. The van der Waals surface area contributed by atoms with Crippen LogP contribution in [0.3, 0.4) is 0 Å². The number of hydrogen-bond acceptors (Lipinski definition) is 3. The Balaban J connectivity index is 1.89. The van der Waals surface area contributed by atoms with Crippen LogP contribution >= 0.6 is 23.2 Å². The largest absolute Gasteiger partial charge is 0.356 e. The summed E-state index contributed by atoms with van der Waals surface area (Å²) in [6.07, 6.45) is 4.27. The Bertz CT molecular complexity index is 697. The van der Waals surface area contributed by atoms with E-state index in [0.29, 0.717) is 48.1 Å². The number of amides is 1. The molecule has 5 nitrogen and oxygen atoms in total. The van der Waals surface area contributed by atoms with Gasteiger partial charge in [0.15, 0.2) is 0 Å². The molecule has 1 aromatic rings. The van der Waals surface area contributed by atoms with Gasteiger partial charge in [0, 0.05) is 41.2 Å². The lowest BCUT2D eigenvalue weighted by molar-refractivity contribution is -0.126. The summed E-state index contributed by atoms with van der Waals surface area (Å²) in [4.78, 5) is 12.2. The van der Waals surface area contributed by atoms with Crippen molar-refractivity contribution in [2.75, 3.05) is 19.6 Å². The van der Waals surface area contributed by atoms with Gasteiger partial charge >= 0.3 is 0 Å². The lowest BCUT2D eigenvalue weighted by Crippen LogP contribution is -2.43. The molecule has 146 valence electrons. The molecule has 2 rings (SSSR count). The molecule has 1 heterocycles. The fourth-order valence-electron chi connectivity index (χ4n) is 3.07. The Hall–Kier alpha value is -0.820. The van der Waals surface area contributed by atoms with Crippen molar-refractivity contribution in [2.24, 2.45) is 5.92 Å². The molecule has 1 aliphatic rings. The molecular weight excluding hydrogens is 395 g/mol. The zero-order valence-electron chi connectivity index (χ0n) is 15.0. The number of piperidine rings is 1. The maximum Gasteiger partial charge on any atom is 0.223 e. The van der Waals surface area contributed by atoms with Crippen LogP contribution in [-0.2, 0) is 20.6 Å². The molecule has 0 spiro atoms. The highest BCUT2D eigenvalue weighted by molar-refractivity contribution is 7.88. The van der Waals surface area contributed by atoms with Gasteiger partial charge < -0.3 is 5.32 Å². The van der Waals surface area contributed by atoms with Gasteiger partial charge in [0.05, 0.1) is 5.75 Å². The van der Waals surface area contributed by atoms with E-state index in [1.165, 1.54) is 4.31 Å². The fourth-order valence-corrected chi connectivity index (χ4v) is 5.39. The first kappa shape index (κ1) is 21.5. The Morgan fingerprint density at radius 1 is 1.19 bits per heavy atom. The van der Waals surface area contributed by atoms with E-state index in [4.69, 9.17) is 23.2 Å². The molecule has 1 amide bonds. The summed E-state index contributed by atoms with van der Waals surface area (Å²) in [7, 11) is -3.52. The van der Waals surface area contributed by atoms with E-state index < -0.39 is 10.0 Å². The Morgan fingerprint density at radius 2 is 1.81 bits per heavy atom. The molecule has 8 heteroatoms. The minimum absolute atomic E-state index is 0.0345. The molecule has 1 N–H and O–H groups in total. The Kier molecular flexibility index (Phi) is 8.20. The van der Waals surface area contributed by atoms with Crippen molar-refractivity contribution in [2.45, 2.75) is 44.8 Å². The highest BCUT2D eigenvalue weighted by Crippen LogP contribution is 2.28. The van der Waals surface area contributed by atoms with Crippen molar-refractivity contribution in [3.63, 3.8) is 0 Å². The second kappa shape index (κ2) is 9.93. The number of sulfonamides is 1. The average Bonchev–Trinajstić information content (AvgIpc) is 2.62. The highest BCUT2D eigenvalue weighted by atomic mass is 35.5. The lowest BCUT2D eigenvalue weighted by atomic mass is 9.97. The van der Waals surface area contributed by atoms with Crippen molar-refractivity contribution in [1.82, 2.24) is 9.62 Å². The number of carbonyl (C=O) groups is 1. The summed E-state index contributed by atoms with van der Waals surface area (Å²) in [5.74, 6) is -0.307. The predicted molar refractivity (Wildman–Crippen MR) is 106 cm³/mol. The normalized spacial score (nSPS) is 16.6. The molecule has 0 saturated carbocycles. The van der Waals surface area contributed by atoms with Crippen LogP contribution in [0.5, 0.6) is 0 Å². The minimum atomic E-state index is -3.52. The second-order valence-electron chi connectivity index (χ2n) is 6.63. The van der Waals surface area contributed by atoms with E-state index in [-0.39, 0.29) is 17.6 Å². The topological polar surface area (TPSA) is 66.5 Å². The van der Waals surface area contributed by atoms with Crippen LogP contribution in [0.15, 0.2) is 18.2 Å². The van der Waals surface area contributed by atoms with Gasteiger partial charge in [-0.15, -0.1) is 0 Å². The summed E-state index contributed by atoms with van der Waals surface area (Å²) < 4.78 is 26.8. The Morgan fingerprint density at radius 3 is 2.38 bits per heavy atom. The fraction of sp³-hybridized carbons (Fsp3) is 0.611. The van der Waals surface area contributed by atoms with E-state index in [2.05, 4.69) is 12.2 Å². The first-order valence-corrected chi connectivity index (χ1v) is 11.4. The third kappa shape index (κ3) is 5.84. The summed E-state index contributed by atoms with van der Waals surface area (Å²) in [5.41, 5.74) is 0.423. The predicted octanol–water partition coefficient (Wildman–Crippen LogP) is 3.84. The van der Waals surface area contributed by atoms with Gasteiger partial charge in [-0.3, -0.25) is 4.79 Å². The van der Waals surface area contributed by atoms with Gasteiger partial charge in [0.1, 0.15) is 0 Å². The van der Waals surface area contributed by atoms with Gasteiger partial charge in [-0.2, -0.15) is 0 Å². The number of hydrogen-bond donors (Lipinski definition) is 1. The summed E-state index contributed by atoms with van der Waals surface area (Å²) in [6.45, 7) is 3.50. The molecule has 0 aromatic heterocycles. The zero-order valence-corrected chi connectivity index (χ0v) is 17.3. The number of nitrogens with one attached hydrogen (secondary N) is 1. The third-order valence-corrected chi connectivity index (χ3v) is 7.20. The maximum absolute atomic E-state index is 12.7. The molecule has 1 aromatic carbocycles. The monoisotopic (exact) mass is 420 g/mol. The van der Waals surface area contributed by atoms with Gasteiger partial charge in [-0.05, 0) is 31.4 Å². The number of halogens is 2. The highest BCUT2D eigenvalue weighted by Gasteiger charge is 2.31. The standard InChI is InChI=1S/C18H26Cl2N2O3S/c1-2-3-4-10-21-18(23)14-8-11-22(12-9-14)26(24,25)13-15-16(19)6-5-7-17(15)20/h5-7,14H,2-4,8-13H2,1H3,(H,21,23). The summed E-state index contributed by atoms with van der Waals surface area (Å²) in [6, 6.07) is 4.95. The van der Waals surface area contributed by atoms with Crippen LogP contribution < -0.4 is 5.32 Å². The number of carbonyl (C=O) groups excluding carboxylic acids is 1. The first-order chi connectivity index (χ1) is 12.3. The lowest BCUT2D eigenvalue weighted by Gasteiger charge is -2.30. The minimum Gasteiger partial charge on any atom is -0.356 e. The van der Waals surface area contributed by atoms with Crippen LogP contribution in [-0.4, -0.2) is 38.3 Å². The average molecular weight is 421 g/mol. The number of benzene rings is 1. The van der Waals surface area contributed by atoms with Crippen molar-refractivity contribution >= 4 is 39.1 Å². The summed E-state index contributed by atoms with van der Waals surface area (Å²) in [5, 5.41) is 3.65. The van der Waals surface area contributed by atoms with Gasteiger partial charge in [-0.25, -0.2) is 12.7 Å². The van der Waals surface area contributed by atoms with Crippen molar-refractivity contribution in [1.29, 1.82) is 0 Å². The van der Waals surface area contributed by atoms with E-state index in [1.54, 1.807) is 18.2 Å². The zero-order chi connectivity index (χ0) is 19.2. The van der Waals surface area contributed by atoms with Crippen LogP contribution in [0.2, 0.25) is 10.0 Å². The number of nitrogens with zero attached hydrogens (tertiary/aromatic N) is 1. The van der Waals surface area contributed by atoms with E-state index in [1.807, 2.05) is 0 Å². The molecule has 1 aliphatic heterocycles. The quantitative estimate of drug-likeness (QED) is 0.649. The van der Waals surface area contributed by atoms with Crippen molar-refractivity contribution in [3.05, 3.63) is 33.8 Å². The van der Waals surface area contributed by atoms with Crippen LogP contribution in [0, 0.1) is 5.92 Å². The molecule has 0 bridgehead atoms. The van der Waals surface area contributed by atoms with Crippen molar-refractivity contribution in [3.8, 4) is 0 Å². The maximum atomic E-state index is 12.7. The molecule has 0 atom stereocenters. The molecule has 26 heavy (non-hydrogen) atoms. The van der Waals surface area contributed by atoms with E-state index >= 15 is 0 Å². The van der Waals surface area contributed by atoms with Gasteiger partial charge in [0.25, 0.3) is 0 Å². The molecule has 1 saturated heterocycles. The van der Waals surface area contributed by atoms with Gasteiger partial charge in [-0.1, -0.05) is 49.0 Å². The smallest absolute Gasteiger partial charge is 0.223 e. The number of unbranched alkanes of at least 4 members (excludes halogenated alkanes) is 2. The molecule has 0 aliphatic carbocycles. The van der Waals surface area contributed by atoms with Gasteiger partial charge in [0.2, 0.25) is 15.9 Å². The SMILES string of the molecule is CCCCCNC(=O)C1CCN(S(=O)(=O)Cc2c(Cl)cccc2Cl)CC1. The molecular formula is C18H26Cl2N2O3S. The van der Waals surface area contributed by atoms with Crippen LogP contribution in [0.25, 0.3) is 0 Å². The first-order valence-electron chi connectivity index (χ1n) is 9.03. The second-order valence-corrected chi connectivity index (χ2v) is 9.41. The molecule has 1 fully saturated rings. The van der Waals surface area contributed by atoms with E-state index in [9.17, 15) is 13.2 Å². The van der Waals surface area contributed by atoms with Crippen LogP contribution in [0.1, 0.15) is 44.6 Å². The molecule has 0 unspecified atom stereocenters. The van der Waals surface area contributed by atoms with Crippen LogP contribution in [0.4, 0.5) is 0 Å². The van der Waals surface area contributed by atoms with Crippen molar-refractivity contribution < 1.29 is 13.2 Å². The Labute approximate surface area is 166 Å².